The highest BCUT2D eigenvalue weighted by molar-refractivity contribution is 5.67. The molecule has 3 rings (SSSR count). The van der Waals surface area contributed by atoms with Crippen molar-refractivity contribution in [1.29, 1.82) is 0 Å². The fourth-order valence-corrected chi connectivity index (χ4v) is 2.92. The summed E-state index contributed by atoms with van der Waals surface area (Å²) in [6.07, 6.45) is 6.39. The van der Waals surface area contributed by atoms with Crippen molar-refractivity contribution in [2.75, 3.05) is 25.0 Å². The fraction of sp³-hybridized carbons (Fsp3) is 0.625. The number of nitrogens with zero attached hydrogens (tertiary/aromatic N) is 4. The molecule has 3 heterocycles. The van der Waals surface area contributed by atoms with Crippen LogP contribution < -0.4 is 5.32 Å². The number of nitrogens with one attached hydrogen (secondary N) is 1. The van der Waals surface area contributed by atoms with Gasteiger partial charge in [-0.1, -0.05) is 13.8 Å². The minimum Gasteiger partial charge on any atom is -0.367 e. The second-order valence-electron chi connectivity index (χ2n) is 6.30. The summed E-state index contributed by atoms with van der Waals surface area (Å²) in [5, 5.41) is 8.11. The lowest BCUT2D eigenvalue weighted by molar-refractivity contribution is 0.269. The molecule has 5 heteroatoms. The molecule has 1 saturated heterocycles. The fourth-order valence-electron chi connectivity index (χ4n) is 2.92. The third-order valence-electron chi connectivity index (χ3n) is 4.33. The molecule has 0 bridgehead atoms. The molecule has 0 amide bonds. The Kier molecular flexibility index (Phi) is 4.10. The molecule has 1 unspecified atom stereocenters. The van der Waals surface area contributed by atoms with Crippen LogP contribution in [-0.4, -0.2) is 45.2 Å². The van der Waals surface area contributed by atoms with Crippen LogP contribution in [0.4, 0.5) is 5.82 Å². The Balaban J connectivity index is 1.74. The lowest BCUT2D eigenvalue weighted by Gasteiger charge is -2.24. The zero-order chi connectivity index (χ0) is 14.8. The third kappa shape index (κ3) is 3.02. The maximum absolute atomic E-state index is 4.60. The molecule has 1 N–H and O–H groups in total. The zero-order valence-corrected chi connectivity index (χ0v) is 13.2. The maximum Gasteiger partial charge on any atom is 0.152 e. The van der Waals surface area contributed by atoms with Crippen LogP contribution >= 0.6 is 0 Å². The van der Waals surface area contributed by atoms with Crippen LogP contribution in [0.2, 0.25) is 0 Å². The second kappa shape index (κ2) is 6.02. The summed E-state index contributed by atoms with van der Waals surface area (Å²) in [7, 11) is 0. The third-order valence-corrected chi connectivity index (χ3v) is 4.33. The van der Waals surface area contributed by atoms with Gasteiger partial charge in [0.05, 0.1) is 5.69 Å². The predicted octanol–water partition coefficient (Wildman–Crippen LogP) is 2.75. The highest BCUT2D eigenvalue weighted by Gasteiger charge is 2.18. The molecular weight excluding hydrogens is 262 g/mol. The summed E-state index contributed by atoms with van der Waals surface area (Å²) in [6.45, 7) is 9.99. The summed E-state index contributed by atoms with van der Waals surface area (Å²) in [5.41, 5.74) is 2.17. The first-order chi connectivity index (χ1) is 10.1. The van der Waals surface area contributed by atoms with E-state index in [1.165, 1.54) is 25.9 Å². The summed E-state index contributed by atoms with van der Waals surface area (Å²) in [5.74, 6) is 1.37. The molecule has 1 fully saturated rings. The molecule has 1 aliphatic rings. The van der Waals surface area contributed by atoms with E-state index in [4.69, 9.17) is 0 Å². The van der Waals surface area contributed by atoms with Crippen molar-refractivity contribution in [1.82, 2.24) is 19.5 Å². The van der Waals surface area contributed by atoms with E-state index in [1.54, 1.807) is 0 Å². The number of hydrogen-bond donors (Lipinski definition) is 1. The van der Waals surface area contributed by atoms with Crippen LogP contribution in [0.5, 0.6) is 0 Å². The van der Waals surface area contributed by atoms with Gasteiger partial charge in [0.1, 0.15) is 5.52 Å². The van der Waals surface area contributed by atoms with Gasteiger partial charge in [0.2, 0.25) is 0 Å². The Morgan fingerprint density at radius 1 is 1.24 bits per heavy atom. The number of fused-ring (bicyclic) bond motifs is 1. The molecule has 21 heavy (non-hydrogen) atoms. The highest BCUT2D eigenvalue weighted by atomic mass is 15.2. The van der Waals surface area contributed by atoms with Crippen LogP contribution in [-0.2, 0) is 0 Å². The Morgan fingerprint density at radius 3 is 2.71 bits per heavy atom. The average Bonchev–Trinajstić information content (AvgIpc) is 3.13. The van der Waals surface area contributed by atoms with E-state index in [1.807, 2.05) is 16.9 Å². The van der Waals surface area contributed by atoms with E-state index in [2.05, 4.69) is 47.1 Å². The van der Waals surface area contributed by atoms with Gasteiger partial charge in [-0.25, -0.2) is 9.50 Å². The Morgan fingerprint density at radius 2 is 2.00 bits per heavy atom. The SMILES string of the molecule is CC(C)c1cc2c(NCC(C)N3CCCC3)nccn2n1. The van der Waals surface area contributed by atoms with Crippen LogP contribution in [0, 0.1) is 0 Å². The van der Waals surface area contributed by atoms with Gasteiger partial charge in [0.15, 0.2) is 5.82 Å². The van der Waals surface area contributed by atoms with E-state index < -0.39 is 0 Å². The lowest BCUT2D eigenvalue weighted by atomic mass is 10.1. The quantitative estimate of drug-likeness (QED) is 0.918. The van der Waals surface area contributed by atoms with Crippen molar-refractivity contribution in [3.8, 4) is 0 Å². The van der Waals surface area contributed by atoms with Gasteiger partial charge in [0, 0.05) is 25.0 Å². The van der Waals surface area contributed by atoms with Gasteiger partial charge < -0.3 is 5.32 Å². The molecule has 1 aliphatic heterocycles. The second-order valence-corrected chi connectivity index (χ2v) is 6.30. The molecule has 0 aromatic carbocycles. The first-order valence-corrected chi connectivity index (χ1v) is 7.97. The number of aromatic nitrogens is 3. The standard InChI is InChI=1S/C16H25N5/c1-12(2)14-10-15-16(17-6-9-21(15)19-14)18-11-13(3)20-7-4-5-8-20/h6,9-10,12-13H,4-5,7-8,11H2,1-3H3,(H,17,18). The van der Waals surface area contributed by atoms with Gasteiger partial charge in [-0.3, -0.25) is 4.90 Å². The molecule has 0 aliphatic carbocycles. The van der Waals surface area contributed by atoms with Crippen LogP contribution in [0.15, 0.2) is 18.5 Å². The van der Waals surface area contributed by atoms with Gasteiger partial charge >= 0.3 is 0 Å². The molecule has 2 aromatic rings. The molecule has 0 saturated carbocycles. The first-order valence-electron chi connectivity index (χ1n) is 7.97. The number of rotatable bonds is 5. The minimum atomic E-state index is 0.432. The maximum atomic E-state index is 4.60. The molecule has 1 atom stereocenters. The smallest absolute Gasteiger partial charge is 0.152 e. The molecule has 5 nitrogen and oxygen atoms in total. The van der Waals surface area contributed by atoms with Crippen molar-refractivity contribution in [2.24, 2.45) is 0 Å². The minimum absolute atomic E-state index is 0.432. The number of anilines is 1. The molecule has 114 valence electrons. The highest BCUT2D eigenvalue weighted by Crippen LogP contribution is 2.20. The van der Waals surface area contributed by atoms with E-state index >= 15 is 0 Å². The summed E-state index contributed by atoms with van der Waals surface area (Å²) < 4.78 is 1.92. The van der Waals surface area contributed by atoms with Crippen LogP contribution in [0.3, 0.4) is 0 Å². The number of hydrogen-bond acceptors (Lipinski definition) is 4. The topological polar surface area (TPSA) is 45.5 Å². The van der Waals surface area contributed by atoms with Gasteiger partial charge in [-0.05, 0) is 44.8 Å². The normalized spacial score (nSPS) is 17.7. The molecule has 0 spiro atoms. The monoisotopic (exact) mass is 287 g/mol. The van der Waals surface area contributed by atoms with E-state index in [0.717, 1.165) is 23.6 Å². The molecule has 0 radical (unpaired) electrons. The Hall–Kier alpha value is -1.62. The van der Waals surface area contributed by atoms with Crippen molar-refractivity contribution in [2.45, 2.75) is 45.6 Å². The molecule has 2 aromatic heterocycles. The average molecular weight is 287 g/mol. The predicted molar refractivity (Wildman–Crippen MR) is 85.8 cm³/mol. The van der Waals surface area contributed by atoms with Gasteiger partial charge in [-0.15, -0.1) is 0 Å². The van der Waals surface area contributed by atoms with Crippen LogP contribution in [0.25, 0.3) is 5.52 Å². The summed E-state index contributed by atoms with van der Waals surface area (Å²) in [4.78, 5) is 7.03. The van der Waals surface area contributed by atoms with Crippen molar-refractivity contribution in [3.63, 3.8) is 0 Å². The zero-order valence-electron chi connectivity index (χ0n) is 13.2. The largest absolute Gasteiger partial charge is 0.367 e. The Bertz CT molecular complexity index is 598. The van der Waals surface area contributed by atoms with E-state index in [9.17, 15) is 0 Å². The van der Waals surface area contributed by atoms with Gasteiger partial charge in [0.25, 0.3) is 0 Å². The van der Waals surface area contributed by atoms with Gasteiger partial charge in [-0.2, -0.15) is 5.10 Å². The van der Waals surface area contributed by atoms with Crippen LogP contribution in [0.1, 0.15) is 45.2 Å². The van der Waals surface area contributed by atoms with Crippen molar-refractivity contribution in [3.05, 3.63) is 24.2 Å². The Labute approximate surface area is 126 Å². The van der Waals surface area contributed by atoms with Crippen molar-refractivity contribution >= 4 is 11.3 Å². The lowest BCUT2D eigenvalue weighted by Crippen LogP contribution is -2.35. The van der Waals surface area contributed by atoms with E-state index in [0.29, 0.717) is 12.0 Å². The summed E-state index contributed by atoms with van der Waals surface area (Å²) >= 11 is 0. The van der Waals surface area contributed by atoms with E-state index in [-0.39, 0.29) is 0 Å². The summed E-state index contributed by atoms with van der Waals surface area (Å²) in [6, 6.07) is 2.68. The number of likely N-dealkylation sites (tertiary alicyclic amines) is 1. The van der Waals surface area contributed by atoms with Crippen molar-refractivity contribution < 1.29 is 0 Å². The first kappa shape index (κ1) is 14.3. The molecular formula is C16H25N5.